The van der Waals surface area contributed by atoms with Crippen molar-refractivity contribution in [3.8, 4) is 0 Å². The second-order valence-electron chi connectivity index (χ2n) is 4.59. The summed E-state index contributed by atoms with van der Waals surface area (Å²) < 4.78 is 0. The van der Waals surface area contributed by atoms with Crippen LogP contribution in [-0.4, -0.2) is 28.5 Å². The third kappa shape index (κ3) is 2.85. The lowest BCUT2D eigenvalue weighted by molar-refractivity contribution is -0.142. The Morgan fingerprint density at radius 3 is 2.94 bits per heavy atom. The molecule has 1 saturated carbocycles. The third-order valence-electron chi connectivity index (χ3n) is 3.42. The van der Waals surface area contributed by atoms with Crippen molar-refractivity contribution < 1.29 is 14.7 Å². The minimum atomic E-state index is -0.756. The van der Waals surface area contributed by atoms with Crippen LogP contribution in [0.4, 0.5) is 0 Å². The number of hydrogen-bond donors (Lipinski definition) is 2. The maximum atomic E-state index is 11.8. The molecule has 2 N–H and O–H groups in total. The second-order valence-corrected chi connectivity index (χ2v) is 4.59. The van der Waals surface area contributed by atoms with Crippen molar-refractivity contribution in [2.75, 3.05) is 6.54 Å². The molecule has 5 nitrogen and oxygen atoms in total. The summed E-state index contributed by atoms with van der Waals surface area (Å²) in [6.07, 6.45) is 5.60. The number of carbonyl (C=O) groups excluding carboxylic acids is 1. The number of amides is 1. The van der Waals surface area contributed by atoms with Gasteiger partial charge in [-0.3, -0.25) is 14.6 Å². The lowest BCUT2D eigenvalue weighted by atomic mass is 9.96. The normalized spacial score (nSPS) is 22.7. The minimum absolute atomic E-state index is 0.0446. The summed E-state index contributed by atoms with van der Waals surface area (Å²) in [4.78, 5) is 26.7. The molecule has 2 unspecified atom stereocenters. The molecule has 1 fully saturated rings. The Labute approximate surface area is 105 Å². The zero-order chi connectivity index (χ0) is 13.0. The van der Waals surface area contributed by atoms with Crippen molar-refractivity contribution >= 4 is 11.9 Å². The molecule has 2 rings (SSSR count). The first-order valence-electron chi connectivity index (χ1n) is 6.09. The van der Waals surface area contributed by atoms with Crippen LogP contribution in [0.25, 0.3) is 0 Å². The van der Waals surface area contributed by atoms with Crippen LogP contribution in [0, 0.1) is 11.8 Å². The summed E-state index contributed by atoms with van der Waals surface area (Å²) in [5.41, 5.74) is 0.502. The predicted octanol–water partition coefficient (Wildman–Crippen LogP) is 1.31. The van der Waals surface area contributed by atoms with Gasteiger partial charge in [0.25, 0.3) is 5.91 Å². The Kier molecular flexibility index (Phi) is 3.92. The van der Waals surface area contributed by atoms with Crippen molar-refractivity contribution in [1.29, 1.82) is 0 Å². The second kappa shape index (κ2) is 5.62. The molecule has 1 amide bonds. The fourth-order valence-corrected chi connectivity index (χ4v) is 2.43. The van der Waals surface area contributed by atoms with E-state index in [1.54, 1.807) is 18.3 Å². The van der Waals surface area contributed by atoms with E-state index in [4.69, 9.17) is 5.11 Å². The Bertz CT molecular complexity index is 433. The van der Waals surface area contributed by atoms with Crippen molar-refractivity contribution in [2.45, 2.75) is 19.3 Å². The summed E-state index contributed by atoms with van der Waals surface area (Å²) in [6, 6.07) is 3.39. The average Bonchev–Trinajstić information content (AvgIpc) is 2.85. The third-order valence-corrected chi connectivity index (χ3v) is 3.42. The molecule has 1 aliphatic rings. The van der Waals surface area contributed by atoms with Gasteiger partial charge in [-0.15, -0.1) is 0 Å². The number of aromatic nitrogens is 1. The largest absolute Gasteiger partial charge is 0.481 e. The fourth-order valence-electron chi connectivity index (χ4n) is 2.43. The number of nitrogens with one attached hydrogen (secondary N) is 1. The molecule has 1 heterocycles. The molecule has 0 aliphatic heterocycles. The molecule has 96 valence electrons. The lowest BCUT2D eigenvalue weighted by Gasteiger charge is -2.16. The first-order valence-corrected chi connectivity index (χ1v) is 6.09. The van der Waals surface area contributed by atoms with Gasteiger partial charge >= 0.3 is 5.97 Å². The first-order chi connectivity index (χ1) is 8.68. The van der Waals surface area contributed by atoms with Gasteiger partial charge < -0.3 is 10.4 Å². The van der Waals surface area contributed by atoms with Crippen LogP contribution in [0.1, 0.15) is 29.6 Å². The van der Waals surface area contributed by atoms with Gasteiger partial charge in [-0.25, -0.2) is 0 Å². The minimum Gasteiger partial charge on any atom is -0.481 e. The number of nitrogens with zero attached hydrogens (tertiary/aromatic N) is 1. The van der Waals surface area contributed by atoms with Crippen molar-refractivity contribution in [3.63, 3.8) is 0 Å². The molecule has 1 aliphatic carbocycles. The van der Waals surface area contributed by atoms with Crippen LogP contribution in [0.5, 0.6) is 0 Å². The topological polar surface area (TPSA) is 79.3 Å². The van der Waals surface area contributed by atoms with Crippen LogP contribution < -0.4 is 5.32 Å². The van der Waals surface area contributed by atoms with E-state index in [2.05, 4.69) is 10.3 Å². The van der Waals surface area contributed by atoms with E-state index >= 15 is 0 Å². The van der Waals surface area contributed by atoms with Gasteiger partial charge in [-0.05, 0) is 30.9 Å². The lowest BCUT2D eigenvalue weighted by Crippen LogP contribution is -2.33. The number of aliphatic carboxylic acids is 1. The predicted molar refractivity (Wildman–Crippen MR) is 65.0 cm³/mol. The van der Waals surface area contributed by atoms with Gasteiger partial charge in [0.1, 0.15) is 0 Å². The SMILES string of the molecule is O=C(NCC1CCCC1C(=O)O)c1cccnc1. The quantitative estimate of drug-likeness (QED) is 0.842. The molecule has 0 bridgehead atoms. The molecule has 0 radical (unpaired) electrons. The molecule has 0 aromatic carbocycles. The number of pyridine rings is 1. The summed E-state index contributed by atoms with van der Waals surface area (Å²) in [5, 5.41) is 11.8. The highest BCUT2D eigenvalue weighted by molar-refractivity contribution is 5.93. The molecule has 5 heteroatoms. The number of rotatable bonds is 4. The maximum absolute atomic E-state index is 11.8. The number of carboxylic acid groups (broad SMARTS) is 1. The van der Waals surface area contributed by atoms with Gasteiger partial charge in [-0.2, -0.15) is 0 Å². The van der Waals surface area contributed by atoms with Gasteiger partial charge in [0.05, 0.1) is 11.5 Å². The molecule has 1 aromatic heterocycles. The summed E-state index contributed by atoms with van der Waals surface area (Å²) >= 11 is 0. The fraction of sp³-hybridized carbons (Fsp3) is 0.462. The van der Waals surface area contributed by atoms with Crippen LogP contribution in [-0.2, 0) is 4.79 Å². The smallest absolute Gasteiger partial charge is 0.306 e. The molecule has 2 atom stereocenters. The van der Waals surface area contributed by atoms with E-state index in [1.807, 2.05) is 0 Å². The van der Waals surface area contributed by atoms with Crippen LogP contribution in [0.3, 0.4) is 0 Å². The van der Waals surface area contributed by atoms with E-state index in [-0.39, 0.29) is 17.7 Å². The summed E-state index contributed by atoms with van der Waals surface area (Å²) in [6.45, 7) is 0.421. The molecule has 0 spiro atoms. The van der Waals surface area contributed by atoms with Crippen LogP contribution in [0.15, 0.2) is 24.5 Å². The standard InChI is InChI=1S/C13H16N2O3/c16-12(10-4-2-6-14-7-10)15-8-9-3-1-5-11(9)13(17)18/h2,4,6-7,9,11H,1,3,5,8H2,(H,15,16)(H,17,18). The Morgan fingerprint density at radius 2 is 2.28 bits per heavy atom. The van der Waals surface area contributed by atoms with Crippen molar-refractivity contribution in [1.82, 2.24) is 10.3 Å². The van der Waals surface area contributed by atoms with E-state index < -0.39 is 5.97 Å². The Balaban J connectivity index is 1.88. The highest BCUT2D eigenvalue weighted by atomic mass is 16.4. The van der Waals surface area contributed by atoms with Gasteiger partial charge in [0, 0.05) is 18.9 Å². The van der Waals surface area contributed by atoms with E-state index in [9.17, 15) is 9.59 Å². The van der Waals surface area contributed by atoms with Crippen LogP contribution in [0.2, 0.25) is 0 Å². The van der Waals surface area contributed by atoms with Crippen LogP contribution >= 0.6 is 0 Å². The molecule has 18 heavy (non-hydrogen) atoms. The highest BCUT2D eigenvalue weighted by Crippen LogP contribution is 2.31. The average molecular weight is 248 g/mol. The van der Waals surface area contributed by atoms with Crippen molar-refractivity contribution in [2.24, 2.45) is 11.8 Å². The molecule has 1 aromatic rings. The monoisotopic (exact) mass is 248 g/mol. The number of hydrogen-bond acceptors (Lipinski definition) is 3. The maximum Gasteiger partial charge on any atom is 0.306 e. The summed E-state index contributed by atoms with van der Waals surface area (Å²) in [7, 11) is 0. The number of carboxylic acids is 1. The molecule has 0 saturated heterocycles. The van der Waals surface area contributed by atoms with E-state index in [1.165, 1.54) is 6.20 Å². The van der Waals surface area contributed by atoms with E-state index in [0.29, 0.717) is 18.5 Å². The van der Waals surface area contributed by atoms with Crippen molar-refractivity contribution in [3.05, 3.63) is 30.1 Å². The van der Waals surface area contributed by atoms with Gasteiger partial charge in [0.2, 0.25) is 0 Å². The Hall–Kier alpha value is -1.91. The summed E-state index contributed by atoms with van der Waals surface area (Å²) in [5.74, 6) is -1.23. The Morgan fingerprint density at radius 1 is 1.44 bits per heavy atom. The number of carbonyl (C=O) groups is 2. The molecular formula is C13H16N2O3. The van der Waals surface area contributed by atoms with Gasteiger partial charge in [0.15, 0.2) is 0 Å². The molecular weight excluding hydrogens is 232 g/mol. The zero-order valence-electron chi connectivity index (χ0n) is 10.0. The highest BCUT2D eigenvalue weighted by Gasteiger charge is 2.32. The van der Waals surface area contributed by atoms with E-state index in [0.717, 1.165) is 12.8 Å². The zero-order valence-corrected chi connectivity index (χ0v) is 10.0. The first kappa shape index (κ1) is 12.5. The van der Waals surface area contributed by atoms with Gasteiger partial charge in [-0.1, -0.05) is 6.42 Å².